The lowest BCUT2D eigenvalue weighted by molar-refractivity contribution is -0.133. The molecule has 1 aliphatic rings. The maximum atomic E-state index is 12.5. The fourth-order valence-electron chi connectivity index (χ4n) is 3.19. The number of carbonyl (C=O) groups is 2. The van der Waals surface area contributed by atoms with Gasteiger partial charge in [0.1, 0.15) is 5.75 Å². The Labute approximate surface area is 202 Å². The van der Waals surface area contributed by atoms with E-state index in [1.807, 2.05) is 29.2 Å². The van der Waals surface area contributed by atoms with Crippen LogP contribution in [-0.4, -0.2) is 85.7 Å². The number of piperazine rings is 1. The Morgan fingerprint density at radius 1 is 1.15 bits per heavy atom. The van der Waals surface area contributed by atoms with Crippen LogP contribution in [-0.2, 0) is 14.3 Å². The molecule has 2 amide bonds. The topological polar surface area (TPSA) is 96.9 Å². The van der Waals surface area contributed by atoms with Gasteiger partial charge in [0, 0.05) is 39.8 Å². The van der Waals surface area contributed by atoms with E-state index in [4.69, 9.17) is 9.47 Å². The molecule has 1 aromatic carbocycles. The number of carbonyl (C=O) groups excluding carboxylic acids is 2. The number of nitrogens with zero attached hydrogens (tertiary/aromatic N) is 4. The summed E-state index contributed by atoms with van der Waals surface area (Å²) in [4.78, 5) is 28.3. The van der Waals surface area contributed by atoms with Crippen LogP contribution in [0.3, 0.4) is 0 Å². The quantitative estimate of drug-likeness (QED) is 0.376. The van der Waals surface area contributed by atoms with Crippen molar-refractivity contribution in [1.82, 2.24) is 20.4 Å². The Balaban J connectivity index is 1.38. The lowest BCUT2D eigenvalue weighted by Crippen LogP contribution is -2.50. The third-order valence-electron chi connectivity index (χ3n) is 5.16. The van der Waals surface area contributed by atoms with Gasteiger partial charge in [-0.2, -0.15) is 0 Å². The Morgan fingerprint density at radius 2 is 1.88 bits per heavy atom. The van der Waals surface area contributed by atoms with E-state index in [0.29, 0.717) is 56.8 Å². The summed E-state index contributed by atoms with van der Waals surface area (Å²) in [5, 5.41) is 12.0. The third kappa shape index (κ3) is 7.86. The van der Waals surface area contributed by atoms with Crippen LogP contribution in [0, 0.1) is 0 Å². The molecule has 2 aromatic rings. The Morgan fingerprint density at radius 3 is 2.55 bits per heavy atom. The van der Waals surface area contributed by atoms with Crippen molar-refractivity contribution >= 4 is 40.0 Å². The number of ether oxygens (including phenoxy) is 2. The van der Waals surface area contributed by atoms with Crippen LogP contribution in [0.25, 0.3) is 0 Å². The molecule has 2 heterocycles. The second-order valence-corrected chi connectivity index (χ2v) is 10.0. The maximum absolute atomic E-state index is 12.5. The zero-order valence-electron chi connectivity index (χ0n) is 19.3. The molecule has 0 atom stereocenters. The number of aromatic nitrogens is 2. The smallest absolute Gasteiger partial charge is 0.260 e. The number of anilines is 1. The minimum absolute atomic E-state index is 0.0180. The van der Waals surface area contributed by atoms with Gasteiger partial charge in [-0.3, -0.25) is 9.59 Å². The molecular formula is C22H31N5O4S2. The lowest BCUT2D eigenvalue weighted by atomic mass is 10.0. The summed E-state index contributed by atoms with van der Waals surface area (Å²) in [5.41, 5.74) is 1.24. The number of hydrogen-bond acceptors (Lipinski definition) is 9. The van der Waals surface area contributed by atoms with E-state index >= 15 is 0 Å². The molecule has 0 spiro atoms. The third-order valence-corrected chi connectivity index (χ3v) is 7.28. The summed E-state index contributed by atoms with van der Waals surface area (Å²) < 4.78 is 11.3. The average Bonchev–Trinajstić information content (AvgIpc) is 3.31. The van der Waals surface area contributed by atoms with Gasteiger partial charge < -0.3 is 24.6 Å². The number of benzene rings is 1. The van der Waals surface area contributed by atoms with Gasteiger partial charge in [0.15, 0.2) is 10.9 Å². The van der Waals surface area contributed by atoms with Crippen molar-refractivity contribution in [3.05, 3.63) is 29.8 Å². The summed E-state index contributed by atoms with van der Waals surface area (Å²) >= 11 is 2.83. The summed E-state index contributed by atoms with van der Waals surface area (Å²) in [6.45, 7) is 7.90. The minimum Gasteiger partial charge on any atom is -0.484 e. The Hall–Kier alpha value is -2.37. The number of rotatable bonds is 11. The van der Waals surface area contributed by atoms with Gasteiger partial charge >= 0.3 is 0 Å². The van der Waals surface area contributed by atoms with Crippen LogP contribution < -0.4 is 15.0 Å². The molecule has 1 aliphatic heterocycles. The number of nitrogens with one attached hydrogen (secondary N) is 1. The minimum atomic E-state index is -0.0565. The summed E-state index contributed by atoms with van der Waals surface area (Å²) in [6, 6.07) is 7.89. The van der Waals surface area contributed by atoms with E-state index in [1.54, 1.807) is 7.11 Å². The van der Waals surface area contributed by atoms with Crippen LogP contribution in [0.15, 0.2) is 28.6 Å². The molecule has 1 fully saturated rings. The first-order chi connectivity index (χ1) is 16.0. The van der Waals surface area contributed by atoms with Crippen molar-refractivity contribution < 1.29 is 19.1 Å². The molecular weight excluding hydrogens is 462 g/mol. The molecule has 0 aliphatic carbocycles. The van der Waals surface area contributed by atoms with E-state index in [-0.39, 0.29) is 18.4 Å². The normalized spacial score (nSPS) is 13.9. The number of thioether (sulfide) groups is 1. The molecule has 0 saturated carbocycles. The molecule has 3 rings (SSSR count). The molecule has 0 unspecified atom stereocenters. The Bertz CT molecular complexity index is 898. The second-order valence-electron chi connectivity index (χ2n) is 7.86. The van der Waals surface area contributed by atoms with Crippen LogP contribution in [0.4, 0.5) is 5.13 Å². The maximum Gasteiger partial charge on any atom is 0.260 e. The highest BCUT2D eigenvalue weighted by Gasteiger charge is 2.24. The molecule has 1 N–H and O–H groups in total. The van der Waals surface area contributed by atoms with Gasteiger partial charge in [-0.1, -0.05) is 49.1 Å². The van der Waals surface area contributed by atoms with Gasteiger partial charge in [-0.25, -0.2) is 0 Å². The zero-order valence-corrected chi connectivity index (χ0v) is 20.9. The van der Waals surface area contributed by atoms with Gasteiger partial charge in [0.05, 0.1) is 12.4 Å². The first kappa shape index (κ1) is 25.3. The van der Waals surface area contributed by atoms with Crippen LogP contribution in [0.1, 0.15) is 25.3 Å². The van der Waals surface area contributed by atoms with Crippen molar-refractivity contribution in [2.24, 2.45) is 0 Å². The molecule has 1 aromatic heterocycles. The fraction of sp³-hybridized carbons (Fsp3) is 0.545. The summed E-state index contributed by atoms with van der Waals surface area (Å²) in [6.07, 6.45) is 0. The predicted molar refractivity (Wildman–Crippen MR) is 130 cm³/mol. The van der Waals surface area contributed by atoms with Crippen molar-refractivity contribution in [2.75, 3.05) is 63.7 Å². The molecule has 11 heteroatoms. The van der Waals surface area contributed by atoms with Crippen molar-refractivity contribution in [1.29, 1.82) is 0 Å². The molecule has 33 heavy (non-hydrogen) atoms. The van der Waals surface area contributed by atoms with E-state index < -0.39 is 0 Å². The number of amides is 2. The first-order valence-corrected chi connectivity index (χ1v) is 12.7. The first-order valence-electron chi connectivity index (χ1n) is 10.9. The molecule has 0 radical (unpaired) electrons. The van der Waals surface area contributed by atoms with E-state index in [1.165, 1.54) is 28.7 Å². The summed E-state index contributed by atoms with van der Waals surface area (Å²) in [7, 11) is 1.60. The van der Waals surface area contributed by atoms with Crippen molar-refractivity contribution in [3.63, 3.8) is 0 Å². The van der Waals surface area contributed by atoms with E-state index in [9.17, 15) is 9.59 Å². The standard InChI is InChI=1S/C22H31N5O4S2/c1-16(2)17-4-6-18(7-5-17)31-14-20(29)26-9-11-27(12-10-26)21-24-25-22(33-21)32-15-19(28)23-8-13-30-3/h4-7,16H,8-15H2,1-3H3,(H,23,28). The average molecular weight is 494 g/mol. The highest BCUT2D eigenvalue weighted by atomic mass is 32.2. The number of hydrogen-bond donors (Lipinski definition) is 1. The van der Waals surface area contributed by atoms with Gasteiger partial charge in [0.25, 0.3) is 5.91 Å². The summed E-state index contributed by atoms with van der Waals surface area (Å²) in [5.74, 6) is 1.39. The molecule has 1 saturated heterocycles. The van der Waals surface area contributed by atoms with Crippen LogP contribution >= 0.6 is 23.1 Å². The van der Waals surface area contributed by atoms with Gasteiger partial charge in [0.2, 0.25) is 11.0 Å². The Kier molecular flexibility index (Phi) is 9.76. The van der Waals surface area contributed by atoms with Gasteiger partial charge in [-0.15, -0.1) is 10.2 Å². The van der Waals surface area contributed by atoms with Crippen molar-refractivity contribution in [2.45, 2.75) is 24.1 Å². The molecule has 9 nitrogen and oxygen atoms in total. The fourth-order valence-corrected chi connectivity index (χ4v) is 4.91. The van der Waals surface area contributed by atoms with Crippen molar-refractivity contribution in [3.8, 4) is 5.75 Å². The van der Waals surface area contributed by atoms with Crippen LogP contribution in [0.5, 0.6) is 5.75 Å². The van der Waals surface area contributed by atoms with E-state index in [2.05, 4.69) is 34.3 Å². The van der Waals surface area contributed by atoms with E-state index in [0.717, 1.165) is 9.47 Å². The SMILES string of the molecule is COCCNC(=O)CSc1nnc(N2CCN(C(=O)COc3ccc(C(C)C)cc3)CC2)s1. The predicted octanol–water partition coefficient (Wildman–Crippen LogP) is 2.24. The van der Waals surface area contributed by atoms with Gasteiger partial charge in [-0.05, 0) is 23.6 Å². The highest BCUT2D eigenvalue weighted by Crippen LogP contribution is 2.28. The molecule has 0 bridgehead atoms. The number of methoxy groups -OCH3 is 1. The molecule has 180 valence electrons. The largest absolute Gasteiger partial charge is 0.484 e. The zero-order chi connectivity index (χ0) is 23.6. The van der Waals surface area contributed by atoms with Crippen LogP contribution in [0.2, 0.25) is 0 Å². The monoisotopic (exact) mass is 493 g/mol. The second kappa shape index (κ2) is 12.8. The lowest BCUT2D eigenvalue weighted by Gasteiger charge is -2.34. The highest BCUT2D eigenvalue weighted by molar-refractivity contribution is 8.01.